The summed E-state index contributed by atoms with van der Waals surface area (Å²) in [6, 6.07) is 6.94. The van der Waals surface area contributed by atoms with Crippen LogP contribution in [0.1, 0.15) is 51.8 Å². The molecule has 0 spiro atoms. The summed E-state index contributed by atoms with van der Waals surface area (Å²) in [6.07, 6.45) is 2.92. The molecule has 0 saturated heterocycles. The molecule has 1 aromatic heterocycles. The molecule has 0 saturated carbocycles. The van der Waals surface area contributed by atoms with Crippen LogP contribution in [0, 0.1) is 5.92 Å². The molecule has 1 unspecified atom stereocenters. The molecule has 1 heterocycles. The molecule has 1 aromatic carbocycles. The molecule has 0 bridgehead atoms. The van der Waals surface area contributed by atoms with E-state index in [1.807, 2.05) is 6.33 Å². The number of imidazole rings is 1. The first kappa shape index (κ1) is 13.1. The minimum Gasteiger partial charge on any atom is -0.328 e. The highest BCUT2D eigenvalue weighted by molar-refractivity contribution is 5.76. The zero-order chi connectivity index (χ0) is 13.3. The number of fused-ring (bicyclic) bond motifs is 1. The average Bonchev–Trinajstić information content (AvgIpc) is 2.70. The Labute approximate surface area is 109 Å². The fourth-order valence-corrected chi connectivity index (χ4v) is 2.33. The lowest BCUT2D eigenvalue weighted by molar-refractivity contribution is 0.510. The molecule has 3 heteroatoms. The summed E-state index contributed by atoms with van der Waals surface area (Å²) in [5.41, 5.74) is 9.63. The maximum absolute atomic E-state index is 6.22. The topological polar surface area (TPSA) is 43.8 Å². The van der Waals surface area contributed by atoms with Gasteiger partial charge in [-0.15, -0.1) is 0 Å². The minimum atomic E-state index is 0.110. The zero-order valence-corrected chi connectivity index (χ0v) is 11.7. The SMILES string of the molecule is CC(C)CC(N)c1ccc2c(c1)ncn2C(C)C. The number of nitrogens with zero attached hydrogens (tertiary/aromatic N) is 2. The Morgan fingerprint density at radius 1 is 1.22 bits per heavy atom. The molecule has 98 valence electrons. The van der Waals surface area contributed by atoms with Crippen molar-refractivity contribution >= 4 is 11.0 Å². The van der Waals surface area contributed by atoms with Gasteiger partial charge in [0.25, 0.3) is 0 Å². The van der Waals surface area contributed by atoms with Gasteiger partial charge in [-0.25, -0.2) is 4.98 Å². The number of aromatic nitrogens is 2. The molecule has 1 atom stereocenters. The van der Waals surface area contributed by atoms with Crippen molar-refractivity contribution in [3.05, 3.63) is 30.1 Å². The normalized spacial score (nSPS) is 13.7. The van der Waals surface area contributed by atoms with Gasteiger partial charge in [-0.05, 0) is 43.9 Å². The van der Waals surface area contributed by atoms with Crippen LogP contribution < -0.4 is 5.73 Å². The van der Waals surface area contributed by atoms with Gasteiger partial charge in [-0.2, -0.15) is 0 Å². The lowest BCUT2D eigenvalue weighted by atomic mass is 9.97. The smallest absolute Gasteiger partial charge is 0.0960 e. The van der Waals surface area contributed by atoms with Crippen LogP contribution in [0.2, 0.25) is 0 Å². The third-order valence-corrected chi connectivity index (χ3v) is 3.31. The largest absolute Gasteiger partial charge is 0.328 e. The first-order valence-electron chi connectivity index (χ1n) is 6.71. The molecule has 0 aliphatic heterocycles. The van der Waals surface area contributed by atoms with Crippen molar-refractivity contribution in [3.8, 4) is 0 Å². The van der Waals surface area contributed by atoms with E-state index in [1.165, 1.54) is 11.1 Å². The van der Waals surface area contributed by atoms with Crippen molar-refractivity contribution in [1.82, 2.24) is 9.55 Å². The maximum Gasteiger partial charge on any atom is 0.0960 e. The Hall–Kier alpha value is -1.35. The van der Waals surface area contributed by atoms with Crippen molar-refractivity contribution in [2.45, 2.75) is 46.2 Å². The lowest BCUT2D eigenvalue weighted by Crippen LogP contribution is -2.12. The van der Waals surface area contributed by atoms with Crippen LogP contribution in [0.25, 0.3) is 11.0 Å². The van der Waals surface area contributed by atoms with Gasteiger partial charge in [0, 0.05) is 12.1 Å². The first-order chi connectivity index (χ1) is 8.49. The predicted octanol–water partition coefficient (Wildman–Crippen LogP) is 3.66. The molecule has 2 rings (SSSR count). The molecule has 0 amide bonds. The highest BCUT2D eigenvalue weighted by Crippen LogP contribution is 2.24. The van der Waals surface area contributed by atoms with Crippen molar-refractivity contribution in [3.63, 3.8) is 0 Å². The van der Waals surface area contributed by atoms with Gasteiger partial charge in [-0.3, -0.25) is 0 Å². The van der Waals surface area contributed by atoms with E-state index in [0.717, 1.165) is 11.9 Å². The third-order valence-electron chi connectivity index (χ3n) is 3.31. The van der Waals surface area contributed by atoms with E-state index in [-0.39, 0.29) is 6.04 Å². The van der Waals surface area contributed by atoms with Crippen LogP contribution in [-0.2, 0) is 0 Å². The first-order valence-corrected chi connectivity index (χ1v) is 6.71. The third kappa shape index (κ3) is 2.56. The number of nitrogens with two attached hydrogens (primary N) is 1. The molecule has 0 aliphatic carbocycles. The number of benzene rings is 1. The van der Waals surface area contributed by atoms with Gasteiger partial charge >= 0.3 is 0 Å². The zero-order valence-electron chi connectivity index (χ0n) is 11.7. The van der Waals surface area contributed by atoms with Gasteiger partial charge in [-0.1, -0.05) is 19.9 Å². The summed E-state index contributed by atoms with van der Waals surface area (Å²) in [6.45, 7) is 8.73. The number of hydrogen-bond donors (Lipinski definition) is 1. The van der Waals surface area contributed by atoms with Crippen LogP contribution >= 0.6 is 0 Å². The monoisotopic (exact) mass is 245 g/mol. The second-order valence-electron chi connectivity index (χ2n) is 5.73. The molecule has 0 aliphatic rings. The van der Waals surface area contributed by atoms with Crippen molar-refractivity contribution in [2.24, 2.45) is 11.7 Å². The summed E-state index contributed by atoms with van der Waals surface area (Å²) in [4.78, 5) is 4.47. The Morgan fingerprint density at radius 3 is 2.56 bits per heavy atom. The number of rotatable bonds is 4. The van der Waals surface area contributed by atoms with Gasteiger partial charge < -0.3 is 10.3 Å². The van der Waals surface area contributed by atoms with Crippen LogP contribution in [-0.4, -0.2) is 9.55 Å². The fraction of sp³-hybridized carbons (Fsp3) is 0.533. The van der Waals surface area contributed by atoms with Crippen molar-refractivity contribution in [1.29, 1.82) is 0 Å². The van der Waals surface area contributed by atoms with E-state index in [2.05, 4.69) is 55.4 Å². The maximum atomic E-state index is 6.22. The van der Waals surface area contributed by atoms with E-state index in [9.17, 15) is 0 Å². The van der Waals surface area contributed by atoms with Crippen LogP contribution in [0.5, 0.6) is 0 Å². The van der Waals surface area contributed by atoms with E-state index < -0.39 is 0 Å². The molecule has 3 nitrogen and oxygen atoms in total. The molecular formula is C15H23N3. The van der Waals surface area contributed by atoms with Gasteiger partial charge in [0.2, 0.25) is 0 Å². The Bertz CT molecular complexity index is 526. The average molecular weight is 245 g/mol. The van der Waals surface area contributed by atoms with Crippen LogP contribution in [0.4, 0.5) is 0 Å². The Morgan fingerprint density at radius 2 is 1.94 bits per heavy atom. The second-order valence-corrected chi connectivity index (χ2v) is 5.73. The molecule has 18 heavy (non-hydrogen) atoms. The minimum absolute atomic E-state index is 0.110. The molecule has 0 radical (unpaired) electrons. The van der Waals surface area contributed by atoms with Gasteiger partial charge in [0.15, 0.2) is 0 Å². The van der Waals surface area contributed by atoms with E-state index >= 15 is 0 Å². The van der Waals surface area contributed by atoms with Crippen molar-refractivity contribution < 1.29 is 0 Å². The Kier molecular flexibility index (Phi) is 3.71. The molecule has 0 fully saturated rings. The number of hydrogen-bond acceptors (Lipinski definition) is 2. The summed E-state index contributed by atoms with van der Waals surface area (Å²) in [5.74, 6) is 0.615. The standard InChI is InChI=1S/C15H23N3/c1-10(2)7-13(16)12-5-6-15-14(8-12)17-9-18(15)11(3)4/h5-6,8-11,13H,7,16H2,1-4H3. The van der Waals surface area contributed by atoms with E-state index in [0.29, 0.717) is 12.0 Å². The highest BCUT2D eigenvalue weighted by atomic mass is 15.1. The summed E-state index contributed by atoms with van der Waals surface area (Å²) >= 11 is 0. The highest BCUT2D eigenvalue weighted by Gasteiger charge is 2.11. The quantitative estimate of drug-likeness (QED) is 0.893. The van der Waals surface area contributed by atoms with Gasteiger partial charge in [0.05, 0.1) is 17.4 Å². The fourth-order valence-electron chi connectivity index (χ4n) is 2.33. The summed E-state index contributed by atoms with van der Waals surface area (Å²) in [5, 5.41) is 0. The van der Waals surface area contributed by atoms with Crippen molar-refractivity contribution in [2.75, 3.05) is 0 Å². The second kappa shape index (κ2) is 5.11. The molecule has 2 N–H and O–H groups in total. The molecule has 2 aromatic rings. The van der Waals surface area contributed by atoms with E-state index in [1.54, 1.807) is 0 Å². The predicted molar refractivity (Wildman–Crippen MR) is 76.5 cm³/mol. The summed E-state index contributed by atoms with van der Waals surface area (Å²) < 4.78 is 2.19. The van der Waals surface area contributed by atoms with Crippen LogP contribution in [0.3, 0.4) is 0 Å². The summed E-state index contributed by atoms with van der Waals surface area (Å²) in [7, 11) is 0. The van der Waals surface area contributed by atoms with Crippen LogP contribution in [0.15, 0.2) is 24.5 Å². The van der Waals surface area contributed by atoms with Gasteiger partial charge in [0.1, 0.15) is 0 Å². The van der Waals surface area contributed by atoms with E-state index in [4.69, 9.17) is 5.73 Å². The lowest BCUT2D eigenvalue weighted by Gasteiger charge is -2.15. The Balaban J connectivity index is 2.34. The molecular weight excluding hydrogens is 222 g/mol.